The van der Waals surface area contributed by atoms with Crippen molar-refractivity contribution in [2.24, 2.45) is 0 Å². The van der Waals surface area contributed by atoms with E-state index in [1.807, 2.05) is 38.7 Å². The van der Waals surface area contributed by atoms with E-state index in [2.05, 4.69) is 15.3 Å². The van der Waals surface area contributed by atoms with Crippen LogP contribution in [0.4, 0.5) is 26.6 Å². The number of rotatable bonds is 3. The molecule has 2 heterocycles. The summed E-state index contributed by atoms with van der Waals surface area (Å²) in [7, 11) is 0. The third-order valence-corrected chi connectivity index (χ3v) is 4.17. The molecule has 1 fully saturated rings. The number of halogens is 1. The first kappa shape index (κ1) is 19.9. The molecule has 3 rings (SSSR count). The molecule has 0 radical (unpaired) electrons. The molecule has 0 bridgehead atoms. The van der Waals surface area contributed by atoms with Crippen LogP contribution in [-0.2, 0) is 4.74 Å². The average molecular weight is 387 g/mol. The number of anilines is 3. The molecule has 0 unspecified atom stereocenters. The molecule has 0 spiro atoms. The lowest BCUT2D eigenvalue weighted by Crippen LogP contribution is -2.50. The summed E-state index contributed by atoms with van der Waals surface area (Å²) in [5, 5.41) is 3.18. The highest BCUT2D eigenvalue weighted by atomic mass is 19.1. The van der Waals surface area contributed by atoms with Crippen LogP contribution in [-0.4, -0.2) is 52.7 Å². The van der Waals surface area contributed by atoms with Gasteiger partial charge in [-0.25, -0.2) is 14.2 Å². The summed E-state index contributed by atoms with van der Waals surface area (Å²) in [5.41, 5.74) is 1.07. The van der Waals surface area contributed by atoms with E-state index in [0.29, 0.717) is 37.9 Å². The van der Waals surface area contributed by atoms with E-state index in [4.69, 9.17) is 4.74 Å². The predicted molar refractivity (Wildman–Crippen MR) is 106 cm³/mol. The SMILES string of the molecule is Cc1cc(Nc2ccc(F)cc2)nc(N2CCN(C(=O)OC(C)(C)C)CC2)n1. The summed E-state index contributed by atoms with van der Waals surface area (Å²) in [6.07, 6.45) is -0.295. The van der Waals surface area contributed by atoms with Gasteiger partial charge in [0.1, 0.15) is 17.2 Å². The lowest BCUT2D eigenvalue weighted by molar-refractivity contribution is 0.0240. The van der Waals surface area contributed by atoms with Gasteiger partial charge in [0.15, 0.2) is 0 Å². The van der Waals surface area contributed by atoms with Crippen LogP contribution < -0.4 is 10.2 Å². The molecule has 0 aliphatic carbocycles. The smallest absolute Gasteiger partial charge is 0.410 e. The van der Waals surface area contributed by atoms with Crippen molar-refractivity contribution in [3.8, 4) is 0 Å². The van der Waals surface area contributed by atoms with E-state index in [-0.39, 0.29) is 11.9 Å². The predicted octanol–water partition coefficient (Wildman–Crippen LogP) is 3.72. The van der Waals surface area contributed by atoms with E-state index in [9.17, 15) is 9.18 Å². The molecule has 1 aliphatic heterocycles. The molecule has 0 saturated carbocycles. The van der Waals surface area contributed by atoms with Crippen LogP contribution in [0.5, 0.6) is 0 Å². The van der Waals surface area contributed by atoms with Crippen LogP contribution in [0.25, 0.3) is 0 Å². The fourth-order valence-corrected chi connectivity index (χ4v) is 2.85. The Bertz CT molecular complexity index is 827. The van der Waals surface area contributed by atoms with Crippen molar-refractivity contribution in [1.29, 1.82) is 0 Å². The van der Waals surface area contributed by atoms with Crippen LogP contribution in [0, 0.1) is 12.7 Å². The highest BCUT2D eigenvalue weighted by Gasteiger charge is 2.27. The second-order valence-corrected chi connectivity index (χ2v) is 7.78. The van der Waals surface area contributed by atoms with E-state index in [0.717, 1.165) is 11.4 Å². The van der Waals surface area contributed by atoms with Gasteiger partial charge in [0.25, 0.3) is 0 Å². The highest BCUT2D eigenvalue weighted by molar-refractivity contribution is 5.68. The molecule has 1 N–H and O–H groups in total. The molecular formula is C20H26FN5O2. The normalized spacial score (nSPS) is 14.8. The maximum Gasteiger partial charge on any atom is 0.410 e. The third-order valence-electron chi connectivity index (χ3n) is 4.17. The Morgan fingerprint density at radius 3 is 2.36 bits per heavy atom. The van der Waals surface area contributed by atoms with Gasteiger partial charge in [-0.05, 0) is 52.0 Å². The van der Waals surface area contributed by atoms with Crippen molar-refractivity contribution in [2.75, 3.05) is 36.4 Å². The first-order valence-electron chi connectivity index (χ1n) is 9.31. The number of piperazine rings is 1. The fraction of sp³-hybridized carbons (Fsp3) is 0.450. The number of carbonyl (C=O) groups is 1. The van der Waals surface area contributed by atoms with Gasteiger partial charge in [0.05, 0.1) is 0 Å². The molecule has 1 aromatic heterocycles. The van der Waals surface area contributed by atoms with E-state index >= 15 is 0 Å². The van der Waals surface area contributed by atoms with Crippen molar-refractivity contribution in [3.63, 3.8) is 0 Å². The van der Waals surface area contributed by atoms with Crippen molar-refractivity contribution in [2.45, 2.75) is 33.3 Å². The topological polar surface area (TPSA) is 70.6 Å². The number of aryl methyl sites for hydroxylation is 1. The summed E-state index contributed by atoms with van der Waals surface area (Å²) in [4.78, 5) is 25.1. The summed E-state index contributed by atoms with van der Waals surface area (Å²) < 4.78 is 18.5. The molecule has 1 aromatic carbocycles. The van der Waals surface area contributed by atoms with Crippen LogP contribution in [0.3, 0.4) is 0 Å². The van der Waals surface area contributed by atoms with Crippen LogP contribution >= 0.6 is 0 Å². The summed E-state index contributed by atoms with van der Waals surface area (Å²) >= 11 is 0. The number of nitrogens with zero attached hydrogens (tertiary/aromatic N) is 4. The molecule has 2 aromatic rings. The molecule has 0 atom stereocenters. The number of ether oxygens (including phenoxy) is 1. The van der Waals surface area contributed by atoms with Crippen LogP contribution in [0.1, 0.15) is 26.5 Å². The van der Waals surface area contributed by atoms with Gasteiger partial charge in [-0.15, -0.1) is 0 Å². The van der Waals surface area contributed by atoms with Crippen LogP contribution in [0.15, 0.2) is 30.3 Å². The zero-order valence-electron chi connectivity index (χ0n) is 16.7. The van der Waals surface area contributed by atoms with E-state index in [1.165, 1.54) is 12.1 Å². The van der Waals surface area contributed by atoms with Crippen molar-refractivity contribution >= 4 is 23.5 Å². The first-order chi connectivity index (χ1) is 13.2. The summed E-state index contributed by atoms with van der Waals surface area (Å²) in [6.45, 7) is 9.82. The minimum atomic E-state index is -0.505. The number of amides is 1. The third kappa shape index (κ3) is 5.31. The Morgan fingerprint density at radius 2 is 1.75 bits per heavy atom. The van der Waals surface area contributed by atoms with Crippen LogP contribution in [0.2, 0.25) is 0 Å². The lowest BCUT2D eigenvalue weighted by Gasteiger charge is -2.35. The summed E-state index contributed by atoms with van der Waals surface area (Å²) in [5.74, 6) is 0.963. The second-order valence-electron chi connectivity index (χ2n) is 7.78. The molecule has 1 aliphatic rings. The quantitative estimate of drug-likeness (QED) is 0.865. The van der Waals surface area contributed by atoms with Gasteiger partial charge in [-0.1, -0.05) is 0 Å². The molecule has 1 amide bonds. The van der Waals surface area contributed by atoms with Gasteiger partial charge >= 0.3 is 6.09 Å². The van der Waals surface area contributed by atoms with Crippen molar-refractivity contribution in [3.05, 3.63) is 41.8 Å². The maximum absolute atomic E-state index is 13.1. The Hall–Kier alpha value is -2.90. The molecule has 8 heteroatoms. The first-order valence-corrected chi connectivity index (χ1v) is 9.31. The second kappa shape index (κ2) is 8.00. The van der Waals surface area contributed by atoms with E-state index < -0.39 is 5.60 Å². The average Bonchev–Trinajstić information content (AvgIpc) is 2.62. The van der Waals surface area contributed by atoms with Gasteiger partial charge in [-0.3, -0.25) is 0 Å². The molecule has 1 saturated heterocycles. The number of hydrogen-bond donors (Lipinski definition) is 1. The highest BCUT2D eigenvalue weighted by Crippen LogP contribution is 2.20. The molecule has 28 heavy (non-hydrogen) atoms. The standard InChI is InChI=1S/C20H26FN5O2/c1-14-13-17(23-16-7-5-15(21)6-8-16)24-18(22-14)25-9-11-26(12-10-25)19(27)28-20(2,3)4/h5-8,13H,9-12H2,1-4H3,(H,22,23,24). The Morgan fingerprint density at radius 1 is 1.11 bits per heavy atom. The number of carbonyl (C=O) groups excluding carboxylic acids is 1. The van der Waals surface area contributed by atoms with Crippen molar-refractivity contribution < 1.29 is 13.9 Å². The maximum atomic E-state index is 13.1. The monoisotopic (exact) mass is 387 g/mol. The Kier molecular flexibility index (Phi) is 5.67. The number of hydrogen-bond acceptors (Lipinski definition) is 6. The number of nitrogens with one attached hydrogen (secondary N) is 1. The van der Waals surface area contributed by atoms with Gasteiger partial charge in [0, 0.05) is 43.6 Å². The fourth-order valence-electron chi connectivity index (χ4n) is 2.85. The zero-order valence-corrected chi connectivity index (χ0v) is 16.7. The van der Waals surface area contributed by atoms with Crippen molar-refractivity contribution in [1.82, 2.24) is 14.9 Å². The Balaban J connectivity index is 1.65. The minimum absolute atomic E-state index is 0.284. The van der Waals surface area contributed by atoms with Gasteiger partial charge < -0.3 is 19.9 Å². The van der Waals surface area contributed by atoms with E-state index in [1.54, 1.807) is 17.0 Å². The Labute approximate surface area is 164 Å². The molecule has 7 nitrogen and oxygen atoms in total. The number of benzene rings is 1. The lowest BCUT2D eigenvalue weighted by atomic mass is 10.2. The molecular weight excluding hydrogens is 361 g/mol. The zero-order chi connectivity index (χ0) is 20.3. The van der Waals surface area contributed by atoms with Gasteiger partial charge in [0.2, 0.25) is 5.95 Å². The van der Waals surface area contributed by atoms with Gasteiger partial charge in [-0.2, -0.15) is 4.98 Å². The molecule has 150 valence electrons. The largest absolute Gasteiger partial charge is 0.444 e. The minimum Gasteiger partial charge on any atom is -0.444 e. The summed E-state index contributed by atoms with van der Waals surface area (Å²) in [6, 6.07) is 7.95. The number of aromatic nitrogens is 2.